The summed E-state index contributed by atoms with van der Waals surface area (Å²) in [5.74, 6) is 0.0858. The van der Waals surface area contributed by atoms with E-state index in [1.54, 1.807) is 25.1 Å². The second-order valence-corrected chi connectivity index (χ2v) is 3.99. The van der Waals surface area contributed by atoms with E-state index >= 15 is 0 Å². The molecule has 2 atom stereocenters. The van der Waals surface area contributed by atoms with Crippen LogP contribution in [0.4, 0.5) is 0 Å². The number of carbonyl (C=O) groups is 2. The van der Waals surface area contributed by atoms with Crippen LogP contribution in [0.15, 0.2) is 24.3 Å². The van der Waals surface area contributed by atoms with Crippen molar-refractivity contribution in [2.24, 2.45) is 5.73 Å². The molecule has 2 unspecified atom stereocenters. The summed E-state index contributed by atoms with van der Waals surface area (Å²) < 4.78 is 11.1. The molecular formula is C12H14N2O4. The lowest BCUT2D eigenvalue weighted by Crippen LogP contribution is -2.50. The lowest BCUT2D eigenvalue weighted by molar-refractivity contribution is -0.134. The first-order valence-electron chi connectivity index (χ1n) is 5.56. The lowest BCUT2D eigenvalue weighted by atomic mass is 10.1. The highest BCUT2D eigenvalue weighted by Crippen LogP contribution is 2.33. The highest BCUT2D eigenvalue weighted by Gasteiger charge is 2.33. The van der Waals surface area contributed by atoms with Gasteiger partial charge in [0, 0.05) is 0 Å². The molecule has 2 rings (SSSR count). The number of ether oxygens (including phenoxy) is 2. The highest BCUT2D eigenvalue weighted by atomic mass is 16.6. The maximum atomic E-state index is 11.8. The van der Waals surface area contributed by atoms with Crippen LogP contribution >= 0.6 is 0 Å². The lowest BCUT2D eigenvalue weighted by Gasteiger charge is -2.30. The number of carbonyl (C=O) groups excluding carboxylic acids is 2. The van der Waals surface area contributed by atoms with Gasteiger partial charge in [-0.05, 0) is 19.1 Å². The van der Waals surface area contributed by atoms with Gasteiger partial charge in [-0.15, -0.1) is 0 Å². The normalized spacial score (nSPS) is 21.2. The van der Waals surface area contributed by atoms with Crippen molar-refractivity contribution in [2.75, 3.05) is 6.54 Å². The minimum absolute atomic E-state index is 0.215. The number of hydrogen-bond acceptors (Lipinski definition) is 4. The van der Waals surface area contributed by atoms with Crippen LogP contribution in [0.3, 0.4) is 0 Å². The first-order chi connectivity index (χ1) is 8.58. The number of primary amides is 1. The Labute approximate surface area is 104 Å². The molecule has 0 bridgehead atoms. The van der Waals surface area contributed by atoms with Gasteiger partial charge >= 0.3 is 0 Å². The summed E-state index contributed by atoms with van der Waals surface area (Å²) in [5, 5.41) is 2.39. The molecule has 1 aromatic carbocycles. The predicted molar refractivity (Wildman–Crippen MR) is 63.2 cm³/mol. The fraction of sp³-hybridized carbons (Fsp3) is 0.333. The molecule has 0 radical (unpaired) electrons. The molecule has 6 heteroatoms. The van der Waals surface area contributed by atoms with Gasteiger partial charge in [0.25, 0.3) is 5.91 Å². The van der Waals surface area contributed by atoms with Crippen molar-refractivity contribution in [1.82, 2.24) is 5.32 Å². The molecule has 96 valence electrons. The number of benzene rings is 1. The van der Waals surface area contributed by atoms with Gasteiger partial charge in [0.15, 0.2) is 11.5 Å². The van der Waals surface area contributed by atoms with Crippen LogP contribution in [0, 0.1) is 0 Å². The van der Waals surface area contributed by atoms with Crippen molar-refractivity contribution in [3.8, 4) is 11.5 Å². The van der Waals surface area contributed by atoms with Gasteiger partial charge in [-0.2, -0.15) is 0 Å². The summed E-state index contributed by atoms with van der Waals surface area (Å²) in [5.41, 5.74) is 4.96. The van der Waals surface area contributed by atoms with E-state index in [1.807, 2.05) is 6.07 Å². The van der Waals surface area contributed by atoms with E-state index < -0.39 is 24.0 Å². The molecule has 0 aliphatic carbocycles. The van der Waals surface area contributed by atoms with Crippen molar-refractivity contribution in [2.45, 2.75) is 19.1 Å². The fourth-order valence-corrected chi connectivity index (χ4v) is 1.68. The quantitative estimate of drug-likeness (QED) is 0.778. The van der Waals surface area contributed by atoms with Crippen molar-refractivity contribution in [3.63, 3.8) is 0 Å². The average molecular weight is 250 g/mol. The van der Waals surface area contributed by atoms with Gasteiger partial charge in [-0.25, -0.2) is 0 Å². The van der Waals surface area contributed by atoms with E-state index in [4.69, 9.17) is 15.2 Å². The second kappa shape index (κ2) is 4.95. The Hall–Kier alpha value is -2.24. The zero-order chi connectivity index (χ0) is 13.1. The molecule has 3 N–H and O–H groups in total. The van der Waals surface area contributed by atoms with Gasteiger partial charge < -0.3 is 20.5 Å². The molecule has 0 spiro atoms. The van der Waals surface area contributed by atoms with Crippen molar-refractivity contribution in [1.29, 1.82) is 0 Å². The van der Waals surface area contributed by atoms with Crippen LogP contribution < -0.4 is 20.5 Å². The van der Waals surface area contributed by atoms with E-state index in [0.717, 1.165) is 0 Å². The van der Waals surface area contributed by atoms with Gasteiger partial charge in [-0.1, -0.05) is 12.1 Å². The smallest absolute Gasteiger partial charge is 0.265 e. The zero-order valence-electron chi connectivity index (χ0n) is 9.88. The van der Waals surface area contributed by atoms with Gasteiger partial charge in [-0.3, -0.25) is 9.59 Å². The second-order valence-electron chi connectivity index (χ2n) is 3.99. The number of amides is 2. The van der Waals surface area contributed by atoms with E-state index in [-0.39, 0.29) is 6.54 Å². The third-order valence-electron chi connectivity index (χ3n) is 2.54. The monoisotopic (exact) mass is 250 g/mol. The van der Waals surface area contributed by atoms with Crippen LogP contribution in [-0.4, -0.2) is 30.6 Å². The summed E-state index contributed by atoms with van der Waals surface area (Å²) in [7, 11) is 0. The van der Waals surface area contributed by atoms with Crippen LogP contribution in [0.5, 0.6) is 11.5 Å². The largest absolute Gasteiger partial charge is 0.482 e. The first-order valence-corrected chi connectivity index (χ1v) is 5.56. The molecule has 0 saturated carbocycles. The Balaban J connectivity index is 2.07. The van der Waals surface area contributed by atoms with E-state index in [0.29, 0.717) is 11.5 Å². The summed E-state index contributed by atoms with van der Waals surface area (Å²) in [6, 6.07) is 7.10. The van der Waals surface area contributed by atoms with Crippen LogP contribution in [0.1, 0.15) is 6.92 Å². The maximum absolute atomic E-state index is 11.8. The standard InChI is InChI=1S/C12H14N2O4/c1-7-11(12(16)14-6-10(13)15)18-9-5-3-2-4-8(9)17-7/h2-5,7,11H,6H2,1H3,(H2,13,15)(H,14,16). The number of hydrogen-bond donors (Lipinski definition) is 2. The number of para-hydroxylation sites is 2. The topological polar surface area (TPSA) is 90.7 Å². The number of nitrogens with one attached hydrogen (secondary N) is 1. The Morgan fingerprint density at radius 2 is 1.89 bits per heavy atom. The highest BCUT2D eigenvalue weighted by molar-refractivity contribution is 5.87. The van der Waals surface area contributed by atoms with E-state index in [2.05, 4.69) is 5.32 Å². The molecule has 18 heavy (non-hydrogen) atoms. The SMILES string of the molecule is CC1Oc2ccccc2OC1C(=O)NCC(N)=O. The molecule has 1 aliphatic heterocycles. The minimum atomic E-state index is -0.792. The summed E-state index contributed by atoms with van der Waals surface area (Å²) in [6.07, 6.45) is -1.23. The maximum Gasteiger partial charge on any atom is 0.265 e. The van der Waals surface area contributed by atoms with Crippen molar-refractivity contribution in [3.05, 3.63) is 24.3 Å². The molecule has 0 saturated heterocycles. The number of rotatable bonds is 3. The molecular weight excluding hydrogens is 236 g/mol. The molecule has 1 aromatic rings. The zero-order valence-corrected chi connectivity index (χ0v) is 9.88. The summed E-state index contributed by atoms with van der Waals surface area (Å²) >= 11 is 0. The third kappa shape index (κ3) is 2.53. The molecule has 0 aromatic heterocycles. The number of fused-ring (bicyclic) bond motifs is 1. The Morgan fingerprint density at radius 3 is 2.50 bits per heavy atom. The Bertz CT molecular complexity index is 475. The first kappa shape index (κ1) is 12.2. The molecule has 1 heterocycles. The van der Waals surface area contributed by atoms with Crippen LogP contribution in [0.25, 0.3) is 0 Å². The van der Waals surface area contributed by atoms with E-state index in [1.165, 1.54) is 0 Å². The summed E-state index contributed by atoms with van der Waals surface area (Å²) in [4.78, 5) is 22.4. The van der Waals surface area contributed by atoms with Gasteiger partial charge in [0.2, 0.25) is 12.0 Å². The van der Waals surface area contributed by atoms with Gasteiger partial charge in [0.05, 0.1) is 6.54 Å². The predicted octanol–water partition coefficient (Wildman–Crippen LogP) is -0.184. The molecule has 0 fully saturated rings. The summed E-state index contributed by atoms with van der Waals surface area (Å²) in [6.45, 7) is 1.51. The van der Waals surface area contributed by atoms with E-state index in [9.17, 15) is 9.59 Å². The van der Waals surface area contributed by atoms with Gasteiger partial charge in [0.1, 0.15) is 6.10 Å². The Kier molecular flexibility index (Phi) is 3.36. The number of nitrogens with two attached hydrogens (primary N) is 1. The molecule has 6 nitrogen and oxygen atoms in total. The van der Waals surface area contributed by atoms with Crippen LogP contribution in [0.2, 0.25) is 0 Å². The molecule has 1 aliphatic rings. The third-order valence-corrected chi connectivity index (χ3v) is 2.54. The average Bonchev–Trinajstić information content (AvgIpc) is 2.35. The Morgan fingerprint density at radius 1 is 1.28 bits per heavy atom. The van der Waals surface area contributed by atoms with Crippen molar-refractivity contribution >= 4 is 11.8 Å². The van der Waals surface area contributed by atoms with Crippen molar-refractivity contribution < 1.29 is 19.1 Å². The van der Waals surface area contributed by atoms with Crippen LogP contribution in [-0.2, 0) is 9.59 Å². The molecule has 2 amide bonds. The fourth-order valence-electron chi connectivity index (χ4n) is 1.68. The minimum Gasteiger partial charge on any atom is -0.482 e.